The number of carboxylic acid groups (broad SMARTS) is 2. The van der Waals surface area contributed by atoms with Crippen LogP contribution in [0.4, 0.5) is 0 Å². The summed E-state index contributed by atoms with van der Waals surface area (Å²) in [6, 6.07) is -3.38. The summed E-state index contributed by atoms with van der Waals surface area (Å²) in [5, 5.41) is 137. The number of hydrogen-bond donors (Lipinski definition) is 15. The van der Waals surface area contributed by atoms with E-state index < -0.39 is 160 Å². The van der Waals surface area contributed by atoms with E-state index >= 15 is 0 Å². The average Bonchev–Trinajstić information content (AvgIpc) is 3.15. The number of carbonyl (C=O) groups is 4. The summed E-state index contributed by atoms with van der Waals surface area (Å²) in [4.78, 5) is 48.2. The standard InChI is InChI=1S/C28H44N2O23.C3H7O.Na.H/c1-5(33)29-9-18(11(35)7(3-31)47-25(9)46)49-28-17(41)15(39)20(22(53-28)24(44)45)51-26-10(30-6(2)34)19(12(36)8(4-32)48-26)50-27-16(40)13(37)14(38)21(52-27)23(42)43;1-2-3-4;;/h7-22,25-28,31-32,35-41,46H,3-4H2,1-2H3,(H,29,33)(H,30,34)(H,42,43)(H,44,45);4H,1-3H2;;/t7-,8-,9-,10-,11-,12-,13+,14+,15-,16-,17-,18-,19-,20+,21+,22+,25-,26+,27-,28-;;;/m1.../s1. The molecule has 0 spiro atoms. The van der Waals surface area contributed by atoms with Crippen LogP contribution in [0, 0.1) is 6.92 Å². The molecule has 0 bridgehead atoms. The van der Waals surface area contributed by atoms with E-state index in [1.165, 1.54) is 0 Å². The fourth-order valence-corrected chi connectivity index (χ4v) is 6.30. The zero-order chi connectivity index (χ0) is 43.0. The summed E-state index contributed by atoms with van der Waals surface area (Å²) < 4.78 is 38.0. The van der Waals surface area contributed by atoms with Gasteiger partial charge in [-0.1, -0.05) is 6.92 Å². The van der Waals surface area contributed by atoms with Crippen molar-refractivity contribution in [1.82, 2.24) is 10.6 Å². The van der Waals surface area contributed by atoms with Gasteiger partial charge in [-0.3, -0.25) is 9.59 Å². The summed E-state index contributed by atoms with van der Waals surface area (Å²) in [7, 11) is 0. The maximum atomic E-state index is 12.5. The number of nitrogens with one attached hydrogen (secondary N) is 2. The van der Waals surface area contributed by atoms with Gasteiger partial charge in [-0.25, -0.2) is 9.59 Å². The van der Waals surface area contributed by atoms with Gasteiger partial charge < -0.3 is 110 Å². The van der Waals surface area contributed by atoms with E-state index in [1.54, 1.807) is 0 Å². The fraction of sp³-hybridized carbons (Fsp3) is 0.839. The Kier molecular flexibility index (Phi) is 21.1. The third kappa shape index (κ3) is 12.4. The molecule has 0 aromatic carbocycles. The predicted octanol–water partition coefficient (Wildman–Crippen LogP) is -9.72. The van der Waals surface area contributed by atoms with Gasteiger partial charge in [-0.05, 0) is 6.42 Å². The monoisotopic (exact) mass is 859 g/mol. The molecule has 0 aromatic rings. The molecule has 26 nitrogen and oxygen atoms in total. The quantitative estimate of drug-likeness (QED) is 0.0765. The molecule has 331 valence electrons. The van der Waals surface area contributed by atoms with Crippen molar-refractivity contribution < 1.29 is 119 Å². The van der Waals surface area contributed by atoms with Crippen molar-refractivity contribution in [3.8, 4) is 0 Å². The van der Waals surface area contributed by atoms with E-state index in [0.717, 1.165) is 13.8 Å². The molecule has 0 aromatic heterocycles. The first-order valence-electron chi connectivity index (χ1n) is 17.4. The molecule has 20 atom stereocenters. The van der Waals surface area contributed by atoms with Crippen LogP contribution in [0.3, 0.4) is 0 Å². The van der Waals surface area contributed by atoms with E-state index in [1.807, 2.05) is 0 Å². The van der Waals surface area contributed by atoms with Crippen molar-refractivity contribution in [3.05, 3.63) is 6.92 Å². The molecule has 0 unspecified atom stereocenters. The van der Waals surface area contributed by atoms with E-state index in [9.17, 15) is 80.5 Å². The second kappa shape index (κ2) is 23.4. The van der Waals surface area contributed by atoms with E-state index in [0.29, 0.717) is 6.42 Å². The number of ether oxygens (including phenoxy) is 7. The number of carbonyl (C=O) groups excluding carboxylic acids is 2. The number of carboxylic acids is 2. The van der Waals surface area contributed by atoms with E-state index in [-0.39, 0.29) is 36.2 Å². The third-order valence-corrected chi connectivity index (χ3v) is 9.10. The van der Waals surface area contributed by atoms with Gasteiger partial charge in [0.15, 0.2) is 37.4 Å². The molecule has 4 heterocycles. The maximum absolute atomic E-state index is 12.5. The average molecular weight is 860 g/mol. The van der Waals surface area contributed by atoms with E-state index in [2.05, 4.69) is 17.6 Å². The Morgan fingerprint density at radius 2 is 0.966 bits per heavy atom. The first-order valence-corrected chi connectivity index (χ1v) is 17.4. The molecule has 2 amide bonds. The Labute approximate surface area is 351 Å². The summed E-state index contributed by atoms with van der Waals surface area (Å²) in [5.74, 6) is -5.28. The Hall–Kier alpha value is -1.84. The predicted molar refractivity (Wildman–Crippen MR) is 182 cm³/mol. The summed E-state index contributed by atoms with van der Waals surface area (Å²) in [6.07, 6.45) is -35.9. The molecule has 15 N–H and O–H groups in total. The Morgan fingerprint density at radius 1 is 0.552 bits per heavy atom. The van der Waals surface area contributed by atoms with Crippen LogP contribution in [0.2, 0.25) is 0 Å². The first-order chi connectivity index (χ1) is 26.7. The zero-order valence-corrected chi connectivity index (χ0v) is 30.4. The SMILES string of the molecule is CC(=O)N[C@@H]1[C@@H](O[C@@H]2O[C@H](C(=O)O)[C@@H](O[C@@H]3O[C@H](CO)[C@@H](O)[C@H](O[C@@H]4O[C@H](C(=O)O)[C@@H](O)[C@H](O)[C@H]4O)[C@H]3NC(C)=O)[C@H](O)[C@H]2O)[C@H](O)[C@@H](CO)O[C@H]1O.[CH2]CCO.[NaH]. The number of amides is 2. The molecule has 4 saturated heterocycles. The van der Waals surface area contributed by atoms with Gasteiger partial charge in [0.25, 0.3) is 0 Å². The molecule has 0 saturated carbocycles. The van der Waals surface area contributed by atoms with Crippen molar-refractivity contribution in [2.45, 2.75) is 143 Å². The van der Waals surface area contributed by atoms with Gasteiger partial charge >= 0.3 is 41.5 Å². The van der Waals surface area contributed by atoms with Crippen molar-refractivity contribution in [3.63, 3.8) is 0 Å². The van der Waals surface area contributed by atoms with Gasteiger partial charge in [0, 0.05) is 20.5 Å². The molecular formula is C31H52N2NaO24. The van der Waals surface area contributed by atoms with Crippen molar-refractivity contribution >= 4 is 53.3 Å². The molecule has 58 heavy (non-hydrogen) atoms. The number of rotatable bonds is 13. The number of aliphatic hydroxyl groups is 11. The second-order valence-corrected chi connectivity index (χ2v) is 13.3. The third-order valence-electron chi connectivity index (χ3n) is 9.10. The Bertz CT molecular complexity index is 1340. The van der Waals surface area contributed by atoms with Gasteiger partial charge in [0.1, 0.15) is 85.3 Å². The molecule has 4 fully saturated rings. The van der Waals surface area contributed by atoms with Gasteiger partial charge in [-0.15, -0.1) is 0 Å². The van der Waals surface area contributed by atoms with Crippen LogP contribution < -0.4 is 10.6 Å². The fourth-order valence-electron chi connectivity index (χ4n) is 6.30. The minimum absolute atomic E-state index is 0. The van der Waals surface area contributed by atoms with Gasteiger partial charge in [0.05, 0.1) is 13.2 Å². The number of aliphatic hydroxyl groups excluding tert-OH is 11. The molecular weight excluding hydrogens is 807 g/mol. The van der Waals surface area contributed by atoms with Crippen LogP contribution in [-0.2, 0) is 52.3 Å². The Morgan fingerprint density at radius 3 is 1.41 bits per heavy atom. The van der Waals surface area contributed by atoms with E-state index in [4.69, 9.17) is 38.3 Å². The minimum atomic E-state index is -2.30. The summed E-state index contributed by atoms with van der Waals surface area (Å²) in [5.41, 5.74) is 0. The van der Waals surface area contributed by atoms with Crippen LogP contribution in [0.5, 0.6) is 0 Å². The van der Waals surface area contributed by atoms with Crippen molar-refractivity contribution in [2.24, 2.45) is 0 Å². The molecule has 4 rings (SSSR count). The zero-order valence-electron chi connectivity index (χ0n) is 30.4. The van der Waals surface area contributed by atoms with Crippen molar-refractivity contribution in [1.29, 1.82) is 0 Å². The first kappa shape index (κ1) is 52.3. The molecule has 1 radical (unpaired) electrons. The number of aliphatic carboxylic acids is 2. The second-order valence-electron chi connectivity index (χ2n) is 13.3. The summed E-state index contributed by atoms with van der Waals surface area (Å²) in [6.45, 7) is 3.68. The Balaban J connectivity index is 0.00000221. The van der Waals surface area contributed by atoms with Crippen LogP contribution in [0.25, 0.3) is 0 Å². The van der Waals surface area contributed by atoms with Gasteiger partial charge in [0.2, 0.25) is 11.8 Å². The topological polar surface area (TPSA) is 420 Å². The van der Waals surface area contributed by atoms with Gasteiger partial charge in [-0.2, -0.15) is 0 Å². The van der Waals surface area contributed by atoms with Crippen LogP contribution >= 0.6 is 0 Å². The van der Waals surface area contributed by atoms with Crippen LogP contribution in [-0.4, -0.2) is 262 Å². The number of hydrogen-bond acceptors (Lipinski definition) is 22. The molecule has 4 aliphatic rings. The van der Waals surface area contributed by atoms with Crippen LogP contribution in [0.15, 0.2) is 0 Å². The van der Waals surface area contributed by atoms with Crippen LogP contribution in [0.1, 0.15) is 20.3 Å². The normalized spacial score (nSPS) is 42.8. The van der Waals surface area contributed by atoms with Crippen molar-refractivity contribution in [2.75, 3.05) is 19.8 Å². The summed E-state index contributed by atoms with van der Waals surface area (Å²) >= 11 is 0. The molecule has 0 aliphatic carbocycles. The molecule has 27 heteroatoms. The molecule has 4 aliphatic heterocycles.